The molecular weight excluding hydrogens is 409 g/mol. The number of hydrogen-bond acceptors (Lipinski definition) is 7. The number of aliphatic hydroxyl groups excluding tert-OH is 2. The predicted octanol–water partition coefficient (Wildman–Crippen LogP) is 0.709. The number of nitrogens with zero attached hydrogens (tertiary/aromatic N) is 1. The summed E-state index contributed by atoms with van der Waals surface area (Å²) in [5.74, 6) is -1.17. The first-order valence-electron chi connectivity index (χ1n) is 8.35. The molecule has 1 aliphatic heterocycles. The van der Waals surface area contributed by atoms with Gasteiger partial charge in [-0.15, -0.1) is 0 Å². The van der Waals surface area contributed by atoms with Crippen molar-refractivity contribution in [2.45, 2.75) is 61.8 Å². The van der Waals surface area contributed by atoms with Crippen molar-refractivity contribution in [2.24, 2.45) is 5.92 Å². The summed E-state index contributed by atoms with van der Waals surface area (Å²) in [5, 5.41) is 23.7. The number of alkyl halides is 3. The van der Waals surface area contributed by atoms with Crippen molar-refractivity contribution >= 4 is 46.7 Å². The topological polar surface area (TPSA) is 111 Å². The van der Waals surface area contributed by atoms with Crippen molar-refractivity contribution in [3.63, 3.8) is 0 Å². The van der Waals surface area contributed by atoms with E-state index < -0.39 is 34.2 Å². The van der Waals surface area contributed by atoms with Gasteiger partial charge in [-0.25, -0.2) is 5.43 Å². The Kier molecular flexibility index (Phi) is 9.35. The predicted molar refractivity (Wildman–Crippen MR) is 98.6 cm³/mol. The molecule has 0 aromatic carbocycles. The van der Waals surface area contributed by atoms with Gasteiger partial charge in [-0.3, -0.25) is 19.9 Å². The third-order valence-electron chi connectivity index (χ3n) is 3.91. The van der Waals surface area contributed by atoms with Crippen LogP contribution in [0.5, 0.6) is 0 Å². The maximum Gasteiger partial charge on any atom is 0.325 e. The largest absolute Gasteiger partial charge is 0.460 e. The van der Waals surface area contributed by atoms with E-state index in [0.29, 0.717) is 19.4 Å². The third-order valence-corrected chi connectivity index (χ3v) is 4.24. The molecule has 1 fully saturated rings. The number of nitrogens with one attached hydrogen (secondary N) is 2. The molecule has 1 aliphatic rings. The Balaban J connectivity index is 2.57. The fraction of sp³-hybridized carbons (Fsp3) is 0.867. The average molecular weight is 435 g/mol. The van der Waals surface area contributed by atoms with Gasteiger partial charge in [-0.1, -0.05) is 48.7 Å². The Hall–Kier alpha value is -0.350. The van der Waals surface area contributed by atoms with E-state index in [1.807, 2.05) is 0 Å². The summed E-state index contributed by atoms with van der Waals surface area (Å²) in [4.78, 5) is 24.5. The highest BCUT2D eigenvalue weighted by molar-refractivity contribution is 6.67. The van der Waals surface area contributed by atoms with Gasteiger partial charge in [0.05, 0.1) is 12.1 Å². The minimum atomic E-state index is -1.70. The van der Waals surface area contributed by atoms with Crippen molar-refractivity contribution in [1.29, 1.82) is 0 Å². The molecule has 0 aromatic heterocycles. The Morgan fingerprint density at radius 3 is 2.46 bits per heavy atom. The Bertz CT molecular complexity index is 490. The molecule has 4 atom stereocenters. The van der Waals surface area contributed by atoms with Gasteiger partial charge in [0, 0.05) is 6.54 Å². The minimum Gasteiger partial charge on any atom is -0.460 e. The van der Waals surface area contributed by atoms with Crippen molar-refractivity contribution in [1.82, 2.24) is 15.8 Å². The zero-order chi connectivity index (χ0) is 20.1. The second kappa shape index (κ2) is 10.3. The molecule has 1 rings (SSSR count). The van der Waals surface area contributed by atoms with E-state index in [-0.39, 0.29) is 18.4 Å². The Labute approximate surface area is 168 Å². The Morgan fingerprint density at radius 2 is 1.92 bits per heavy atom. The van der Waals surface area contributed by atoms with E-state index in [1.54, 1.807) is 20.8 Å². The summed E-state index contributed by atoms with van der Waals surface area (Å²) in [5.41, 5.74) is 2.79. The van der Waals surface area contributed by atoms with E-state index >= 15 is 0 Å². The molecule has 4 N–H and O–H groups in total. The first kappa shape index (κ1) is 23.7. The van der Waals surface area contributed by atoms with Crippen LogP contribution in [0.15, 0.2) is 0 Å². The zero-order valence-electron chi connectivity index (χ0n) is 14.9. The standard InChI is InChI=1S/C15H26Cl3N3O5/c1-8(2)11(22)12(23)19-9(3)13(24)21-6-4-5-10(20-21)14(25)26-7-15(16,17)18/h8-12,19-20,22-23H,4-7H2,1-3H3/t9-,10-,11-,12?/m0/s1. The summed E-state index contributed by atoms with van der Waals surface area (Å²) in [7, 11) is 0. The molecule has 8 nitrogen and oxygen atoms in total. The number of halogens is 3. The van der Waals surface area contributed by atoms with E-state index in [0.717, 1.165) is 0 Å². The van der Waals surface area contributed by atoms with Crippen molar-refractivity contribution < 1.29 is 24.5 Å². The molecule has 1 heterocycles. The molecule has 11 heteroatoms. The van der Waals surface area contributed by atoms with Crippen LogP contribution < -0.4 is 10.7 Å². The molecule has 1 amide bonds. The van der Waals surface area contributed by atoms with Crippen LogP contribution in [-0.2, 0) is 14.3 Å². The normalized spacial score (nSPS) is 22.0. The number of esters is 1. The lowest BCUT2D eigenvalue weighted by Crippen LogP contribution is -2.60. The number of hydrogen-bond donors (Lipinski definition) is 4. The monoisotopic (exact) mass is 433 g/mol. The highest BCUT2D eigenvalue weighted by atomic mass is 35.6. The lowest BCUT2D eigenvalue weighted by molar-refractivity contribution is -0.152. The molecule has 1 saturated heterocycles. The second-order valence-electron chi connectivity index (χ2n) is 6.60. The molecule has 0 saturated carbocycles. The maximum absolute atomic E-state index is 12.5. The molecule has 152 valence electrons. The molecule has 0 aromatic rings. The summed E-state index contributed by atoms with van der Waals surface area (Å²) in [6, 6.07) is -1.51. The first-order chi connectivity index (χ1) is 11.9. The molecular formula is C15H26Cl3N3O5. The quantitative estimate of drug-likeness (QED) is 0.265. The van der Waals surface area contributed by atoms with Gasteiger partial charge in [-0.05, 0) is 25.7 Å². The fourth-order valence-electron chi connectivity index (χ4n) is 2.39. The van der Waals surface area contributed by atoms with Crippen LogP contribution in [-0.4, -0.2) is 68.5 Å². The number of carbonyl (C=O) groups is 2. The number of hydrazine groups is 1. The first-order valence-corrected chi connectivity index (χ1v) is 9.49. The molecule has 26 heavy (non-hydrogen) atoms. The fourth-order valence-corrected chi connectivity index (χ4v) is 2.56. The summed E-state index contributed by atoms with van der Waals surface area (Å²) in [6.45, 7) is 5.07. The Morgan fingerprint density at radius 1 is 1.31 bits per heavy atom. The summed E-state index contributed by atoms with van der Waals surface area (Å²) < 4.78 is 3.23. The lowest BCUT2D eigenvalue weighted by atomic mass is 10.1. The second-order valence-corrected chi connectivity index (χ2v) is 9.12. The highest BCUT2D eigenvalue weighted by Gasteiger charge is 2.33. The number of amides is 1. The van der Waals surface area contributed by atoms with Crippen molar-refractivity contribution in [3.05, 3.63) is 0 Å². The van der Waals surface area contributed by atoms with Gasteiger partial charge in [0.15, 0.2) is 0 Å². The minimum absolute atomic E-state index is 0.176. The van der Waals surface area contributed by atoms with Crippen molar-refractivity contribution in [3.8, 4) is 0 Å². The van der Waals surface area contributed by atoms with Gasteiger partial charge >= 0.3 is 5.97 Å². The van der Waals surface area contributed by atoms with Crippen LogP contribution in [0.1, 0.15) is 33.6 Å². The van der Waals surface area contributed by atoms with Gasteiger partial charge in [0.1, 0.15) is 18.9 Å². The molecule has 1 unspecified atom stereocenters. The van der Waals surface area contributed by atoms with Crippen LogP contribution in [0.2, 0.25) is 0 Å². The molecule has 0 aliphatic carbocycles. The summed E-state index contributed by atoms with van der Waals surface area (Å²) in [6.07, 6.45) is -1.21. The smallest absolute Gasteiger partial charge is 0.325 e. The summed E-state index contributed by atoms with van der Waals surface area (Å²) >= 11 is 16.6. The van der Waals surface area contributed by atoms with Crippen LogP contribution in [0.3, 0.4) is 0 Å². The van der Waals surface area contributed by atoms with Crippen LogP contribution in [0, 0.1) is 5.92 Å². The maximum atomic E-state index is 12.5. The van der Waals surface area contributed by atoms with E-state index in [2.05, 4.69) is 10.7 Å². The third kappa shape index (κ3) is 7.72. The van der Waals surface area contributed by atoms with Crippen molar-refractivity contribution in [2.75, 3.05) is 13.2 Å². The van der Waals surface area contributed by atoms with E-state index in [4.69, 9.17) is 39.5 Å². The average Bonchev–Trinajstić information content (AvgIpc) is 2.57. The number of ether oxygens (including phenoxy) is 1. The number of rotatable bonds is 7. The van der Waals surface area contributed by atoms with Gasteiger partial charge < -0.3 is 14.9 Å². The highest BCUT2D eigenvalue weighted by Crippen LogP contribution is 2.26. The van der Waals surface area contributed by atoms with Crippen LogP contribution >= 0.6 is 34.8 Å². The SMILES string of the molecule is CC(C)[C@H](O)C(O)N[C@@H](C)C(=O)N1CCC[C@@H](C(=O)OCC(Cl)(Cl)Cl)N1. The molecule has 0 radical (unpaired) electrons. The van der Waals surface area contributed by atoms with Gasteiger partial charge in [0.2, 0.25) is 3.79 Å². The zero-order valence-corrected chi connectivity index (χ0v) is 17.2. The van der Waals surface area contributed by atoms with Crippen LogP contribution in [0.4, 0.5) is 0 Å². The number of aliphatic hydroxyl groups is 2. The van der Waals surface area contributed by atoms with Gasteiger partial charge in [-0.2, -0.15) is 0 Å². The van der Waals surface area contributed by atoms with Gasteiger partial charge in [0.25, 0.3) is 5.91 Å². The van der Waals surface area contributed by atoms with E-state index in [1.165, 1.54) is 5.01 Å². The molecule has 0 bridgehead atoms. The number of carbonyl (C=O) groups excluding carboxylic acids is 2. The van der Waals surface area contributed by atoms with E-state index in [9.17, 15) is 19.8 Å². The molecule has 0 spiro atoms. The van der Waals surface area contributed by atoms with Crippen LogP contribution in [0.25, 0.3) is 0 Å². The lowest BCUT2D eigenvalue weighted by Gasteiger charge is -2.35.